The molecule has 0 radical (unpaired) electrons. The number of hydrogen-bond acceptors (Lipinski definition) is 4. The van der Waals surface area contributed by atoms with E-state index in [9.17, 15) is 9.90 Å². The summed E-state index contributed by atoms with van der Waals surface area (Å²) in [6, 6.07) is 12.9. The lowest BCUT2D eigenvalue weighted by Crippen LogP contribution is -2.22. The number of ether oxygens (including phenoxy) is 1. The second-order valence-corrected chi connectivity index (χ2v) is 7.71. The number of rotatable bonds is 4. The topological polar surface area (TPSA) is 58.6 Å². The highest BCUT2D eigenvalue weighted by molar-refractivity contribution is 7.11. The van der Waals surface area contributed by atoms with Gasteiger partial charge in [-0.15, -0.1) is 11.3 Å². The standard InChI is InChI=1S/C21H18ClNO3S/c1-2-26-18-9-13(5-8-17(18)24)15-10-19(25)23-20-16(11-27-21(15)20)12-3-6-14(22)7-4-12/h3-9,11,15,24H,2,10H2,1H3,(H,23,25)/t15-/m0/s1. The predicted molar refractivity (Wildman–Crippen MR) is 109 cm³/mol. The van der Waals surface area contributed by atoms with Crippen molar-refractivity contribution < 1.29 is 14.6 Å². The van der Waals surface area contributed by atoms with E-state index in [4.69, 9.17) is 16.3 Å². The number of carbonyl (C=O) groups excluding carboxylic acids is 1. The molecule has 3 aromatic rings. The van der Waals surface area contributed by atoms with Gasteiger partial charge in [0.1, 0.15) is 0 Å². The van der Waals surface area contributed by atoms with Crippen LogP contribution in [0.5, 0.6) is 11.5 Å². The Balaban J connectivity index is 1.77. The Morgan fingerprint density at radius 2 is 2.04 bits per heavy atom. The zero-order valence-electron chi connectivity index (χ0n) is 14.7. The molecule has 0 saturated heterocycles. The van der Waals surface area contributed by atoms with Gasteiger partial charge in [0.15, 0.2) is 11.5 Å². The number of amides is 1. The molecule has 1 aliphatic rings. The zero-order valence-corrected chi connectivity index (χ0v) is 16.2. The van der Waals surface area contributed by atoms with E-state index < -0.39 is 0 Å². The number of aromatic hydroxyl groups is 1. The summed E-state index contributed by atoms with van der Waals surface area (Å²) in [4.78, 5) is 13.5. The minimum Gasteiger partial charge on any atom is -0.504 e. The first-order valence-corrected chi connectivity index (χ1v) is 9.95. The molecule has 1 aromatic heterocycles. The van der Waals surface area contributed by atoms with E-state index in [2.05, 4.69) is 10.7 Å². The summed E-state index contributed by atoms with van der Waals surface area (Å²) in [6.07, 6.45) is 0.365. The van der Waals surface area contributed by atoms with E-state index in [-0.39, 0.29) is 17.6 Å². The molecule has 0 unspecified atom stereocenters. The van der Waals surface area contributed by atoms with Crippen LogP contribution in [0.15, 0.2) is 47.8 Å². The van der Waals surface area contributed by atoms with Crippen LogP contribution < -0.4 is 10.1 Å². The molecular formula is C21H18ClNO3S. The molecule has 0 bridgehead atoms. The summed E-state index contributed by atoms with van der Waals surface area (Å²) in [7, 11) is 0. The normalized spacial score (nSPS) is 15.9. The van der Waals surface area contributed by atoms with Gasteiger partial charge >= 0.3 is 0 Å². The van der Waals surface area contributed by atoms with E-state index in [1.165, 1.54) is 0 Å². The highest BCUT2D eigenvalue weighted by Gasteiger charge is 2.31. The molecule has 0 saturated carbocycles. The van der Waals surface area contributed by atoms with Crippen LogP contribution in [0.3, 0.4) is 0 Å². The van der Waals surface area contributed by atoms with Crippen LogP contribution in [-0.2, 0) is 4.79 Å². The number of fused-ring (bicyclic) bond motifs is 1. The van der Waals surface area contributed by atoms with Crippen molar-refractivity contribution in [2.75, 3.05) is 11.9 Å². The van der Waals surface area contributed by atoms with E-state index in [0.29, 0.717) is 23.8 Å². The molecule has 1 aliphatic heterocycles. The molecule has 2 heterocycles. The van der Waals surface area contributed by atoms with Crippen molar-refractivity contribution in [1.29, 1.82) is 0 Å². The number of benzene rings is 2. The molecule has 1 atom stereocenters. The van der Waals surface area contributed by atoms with E-state index in [1.54, 1.807) is 17.4 Å². The third kappa shape index (κ3) is 3.40. The van der Waals surface area contributed by atoms with Crippen molar-refractivity contribution in [3.05, 3.63) is 63.3 Å². The first-order valence-electron chi connectivity index (χ1n) is 8.69. The summed E-state index contributed by atoms with van der Waals surface area (Å²) < 4.78 is 5.51. The maximum absolute atomic E-state index is 12.4. The quantitative estimate of drug-likeness (QED) is 0.596. The Morgan fingerprint density at radius 3 is 2.78 bits per heavy atom. The lowest BCUT2D eigenvalue weighted by atomic mass is 9.89. The molecular weight excluding hydrogens is 382 g/mol. The van der Waals surface area contributed by atoms with Gasteiger partial charge in [-0.25, -0.2) is 0 Å². The smallest absolute Gasteiger partial charge is 0.225 e. The summed E-state index contributed by atoms with van der Waals surface area (Å²) in [5.74, 6) is 0.456. The number of halogens is 1. The minimum absolute atomic E-state index is 0.0212. The number of thiophene rings is 1. The van der Waals surface area contributed by atoms with Crippen molar-refractivity contribution in [2.24, 2.45) is 0 Å². The fourth-order valence-electron chi connectivity index (χ4n) is 3.36. The van der Waals surface area contributed by atoms with Crippen LogP contribution in [0, 0.1) is 0 Å². The van der Waals surface area contributed by atoms with Crippen LogP contribution in [0.2, 0.25) is 5.02 Å². The Kier molecular flexibility index (Phi) is 4.81. The summed E-state index contributed by atoms with van der Waals surface area (Å²) in [5.41, 5.74) is 3.82. The Bertz CT molecular complexity index is 997. The van der Waals surface area contributed by atoms with Gasteiger partial charge in [0.2, 0.25) is 5.91 Å². The largest absolute Gasteiger partial charge is 0.504 e. The van der Waals surface area contributed by atoms with Crippen molar-refractivity contribution >= 4 is 34.5 Å². The molecule has 2 aromatic carbocycles. The monoisotopic (exact) mass is 399 g/mol. The second kappa shape index (κ2) is 7.25. The number of phenols is 1. The van der Waals surface area contributed by atoms with Crippen LogP contribution in [-0.4, -0.2) is 17.6 Å². The molecule has 1 amide bonds. The summed E-state index contributed by atoms with van der Waals surface area (Å²) in [5, 5.41) is 15.7. The Morgan fingerprint density at radius 1 is 1.26 bits per heavy atom. The van der Waals surface area contributed by atoms with Crippen molar-refractivity contribution in [1.82, 2.24) is 0 Å². The first kappa shape index (κ1) is 17.9. The average molecular weight is 400 g/mol. The Labute approximate surface area is 166 Å². The minimum atomic E-state index is -0.0698. The second-order valence-electron chi connectivity index (χ2n) is 6.36. The third-order valence-electron chi connectivity index (χ3n) is 4.63. The molecule has 0 spiro atoms. The number of nitrogens with one attached hydrogen (secondary N) is 1. The van der Waals surface area contributed by atoms with Gasteiger partial charge in [0.25, 0.3) is 0 Å². The molecule has 27 heavy (non-hydrogen) atoms. The number of phenolic OH excluding ortho intramolecular Hbond substituents is 1. The van der Waals surface area contributed by atoms with Crippen LogP contribution in [0.1, 0.15) is 29.7 Å². The van der Waals surface area contributed by atoms with Gasteiger partial charge in [0.05, 0.1) is 12.3 Å². The lowest BCUT2D eigenvalue weighted by molar-refractivity contribution is -0.116. The number of carbonyl (C=O) groups is 1. The zero-order chi connectivity index (χ0) is 19.0. The average Bonchev–Trinajstić information content (AvgIpc) is 3.07. The van der Waals surface area contributed by atoms with Gasteiger partial charge in [-0.2, -0.15) is 0 Å². The van der Waals surface area contributed by atoms with Gasteiger partial charge in [0, 0.05) is 33.2 Å². The summed E-state index contributed by atoms with van der Waals surface area (Å²) >= 11 is 7.63. The molecule has 0 aliphatic carbocycles. The first-order chi connectivity index (χ1) is 13.1. The molecule has 2 N–H and O–H groups in total. The molecule has 0 fully saturated rings. The van der Waals surface area contributed by atoms with Crippen molar-refractivity contribution in [3.8, 4) is 22.6 Å². The van der Waals surface area contributed by atoms with Gasteiger partial charge in [-0.3, -0.25) is 4.79 Å². The molecule has 6 heteroatoms. The highest BCUT2D eigenvalue weighted by Crippen LogP contribution is 2.47. The fourth-order valence-corrected chi connectivity index (χ4v) is 4.64. The number of anilines is 1. The van der Waals surface area contributed by atoms with Crippen molar-refractivity contribution in [3.63, 3.8) is 0 Å². The van der Waals surface area contributed by atoms with Crippen molar-refractivity contribution in [2.45, 2.75) is 19.3 Å². The molecule has 138 valence electrons. The van der Waals surface area contributed by atoms with Gasteiger partial charge in [-0.05, 0) is 42.3 Å². The SMILES string of the molecule is CCOc1cc([C@@H]2CC(=O)Nc3c(-c4ccc(Cl)cc4)csc32)ccc1O. The van der Waals surface area contributed by atoms with Crippen LogP contribution in [0.25, 0.3) is 11.1 Å². The van der Waals surface area contributed by atoms with Gasteiger partial charge < -0.3 is 15.2 Å². The van der Waals surface area contributed by atoms with Gasteiger partial charge in [-0.1, -0.05) is 29.8 Å². The molecule has 4 nitrogen and oxygen atoms in total. The predicted octanol–water partition coefficient (Wildman–Crippen LogP) is 5.65. The Hall–Kier alpha value is -2.50. The number of hydrogen-bond donors (Lipinski definition) is 2. The maximum Gasteiger partial charge on any atom is 0.225 e. The lowest BCUT2D eigenvalue weighted by Gasteiger charge is -2.24. The third-order valence-corrected chi connectivity index (χ3v) is 5.98. The van der Waals surface area contributed by atoms with E-state index in [1.807, 2.05) is 43.3 Å². The summed E-state index contributed by atoms with van der Waals surface area (Å²) in [6.45, 7) is 2.34. The maximum atomic E-state index is 12.4. The highest BCUT2D eigenvalue weighted by atomic mass is 35.5. The molecule has 4 rings (SSSR count). The van der Waals surface area contributed by atoms with E-state index >= 15 is 0 Å². The van der Waals surface area contributed by atoms with Crippen LogP contribution >= 0.6 is 22.9 Å². The van der Waals surface area contributed by atoms with E-state index in [0.717, 1.165) is 27.3 Å². The fraction of sp³-hybridized carbons (Fsp3) is 0.190. The van der Waals surface area contributed by atoms with Crippen LogP contribution in [0.4, 0.5) is 5.69 Å².